The molecule has 0 bridgehead atoms. The van der Waals surface area contributed by atoms with E-state index in [0.29, 0.717) is 5.88 Å². The molecule has 3 nitrogen and oxygen atoms in total. The van der Waals surface area contributed by atoms with Crippen LogP contribution in [0.2, 0.25) is 0 Å². The van der Waals surface area contributed by atoms with Gasteiger partial charge in [0.15, 0.2) is 0 Å². The van der Waals surface area contributed by atoms with E-state index in [0.717, 1.165) is 18.2 Å². The molecule has 0 aliphatic heterocycles. The molecule has 0 aromatic carbocycles. The van der Waals surface area contributed by atoms with Crippen LogP contribution in [0.25, 0.3) is 0 Å². The van der Waals surface area contributed by atoms with Gasteiger partial charge in [-0.3, -0.25) is 4.68 Å². The lowest BCUT2D eigenvalue weighted by molar-refractivity contribution is 0.539. The van der Waals surface area contributed by atoms with Gasteiger partial charge in [0.2, 0.25) is 0 Å². The van der Waals surface area contributed by atoms with Gasteiger partial charge in [0.25, 0.3) is 0 Å². The number of aromatic nitrogens is 2. The average molecular weight is 256 g/mol. The first-order valence-corrected chi connectivity index (χ1v) is 6.96. The Morgan fingerprint density at radius 3 is 2.65 bits per heavy atom. The highest BCUT2D eigenvalue weighted by atomic mass is 35.5. The lowest BCUT2D eigenvalue weighted by atomic mass is 10.1. The Balaban J connectivity index is 2.14. The van der Waals surface area contributed by atoms with Crippen LogP contribution in [0.1, 0.15) is 36.9 Å². The summed E-state index contributed by atoms with van der Waals surface area (Å²) in [5, 5.41) is 4.47. The maximum Gasteiger partial charge on any atom is 0.130 e. The van der Waals surface area contributed by atoms with Crippen LogP contribution in [0.5, 0.6) is 0 Å². The molecule has 2 rings (SSSR count). The number of alkyl halides is 1. The lowest BCUT2D eigenvalue weighted by Crippen LogP contribution is -2.26. The van der Waals surface area contributed by atoms with E-state index in [1.807, 2.05) is 18.7 Å². The van der Waals surface area contributed by atoms with Crippen molar-refractivity contribution in [2.45, 2.75) is 38.5 Å². The number of anilines is 1. The first-order chi connectivity index (χ1) is 8.13. The van der Waals surface area contributed by atoms with Gasteiger partial charge in [0, 0.05) is 26.2 Å². The summed E-state index contributed by atoms with van der Waals surface area (Å²) in [6, 6.07) is 0. The molecule has 0 unspecified atom stereocenters. The van der Waals surface area contributed by atoms with Gasteiger partial charge in [0.05, 0.1) is 11.6 Å². The van der Waals surface area contributed by atoms with Crippen molar-refractivity contribution in [1.82, 2.24) is 9.78 Å². The molecule has 0 saturated heterocycles. The average Bonchev–Trinajstić information content (AvgIpc) is 2.85. The number of hydrogen-bond acceptors (Lipinski definition) is 2. The van der Waals surface area contributed by atoms with E-state index in [9.17, 15) is 0 Å². The van der Waals surface area contributed by atoms with Crippen LogP contribution < -0.4 is 4.90 Å². The van der Waals surface area contributed by atoms with Crippen LogP contribution in [0, 0.1) is 12.8 Å². The summed E-state index contributed by atoms with van der Waals surface area (Å²) in [6.45, 7) is 3.16. The molecular formula is C13H22ClN3. The summed E-state index contributed by atoms with van der Waals surface area (Å²) < 4.78 is 1.96. The van der Waals surface area contributed by atoms with E-state index in [2.05, 4.69) is 17.0 Å². The standard InChI is InChI=1S/C13H22ClN3/c1-10-12(8-14)13(17(3)15-10)16(2)9-11-6-4-5-7-11/h11H,4-9H2,1-3H3. The summed E-state index contributed by atoms with van der Waals surface area (Å²) >= 11 is 6.03. The lowest BCUT2D eigenvalue weighted by Gasteiger charge is -2.24. The molecular weight excluding hydrogens is 234 g/mol. The second-order valence-corrected chi connectivity index (χ2v) is 5.44. The Morgan fingerprint density at radius 2 is 2.06 bits per heavy atom. The number of halogens is 1. The van der Waals surface area contributed by atoms with Gasteiger partial charge < -0.3 is 4.90 Å². The summed E-state index contributed by atoms with van der Waals surface area (Å²) in [6.07, 6.45) is 5.53. The smallest absolute Gasteiger partial charge is 0.130 e. The van der Waals surface area contributed by atoms with Gasteiger partial charge in [-0.1, -0.05) is 12.8 Å². The molecule has 1 aromatic heterocycles. The van der Waals surface area contributed by atoms with Gasteiger partial charge in [-0.05, 0) is 25.7 Å². The summed E-state index contributed by atoms with van der Waals surface area (Å²) in [7, 11) is 4.16. The first kappa shape index (κ1) is 12.7. The van der Waals surface area contributed by atoms with Crippen LogP contribution in [0.15, 0.2) is 0 Å². The predicted molar refractivity (Wildman–Crippen MR) is 72.7 cm³/mol. The number of aryl methyl sites for hydroxylation is 2. The summed E-state index contributed by atoms with van der Waals surface area (Å²) in [5.41, 5.74) is 2.23. The third-order valence-electron chi connectivity index (χ3n) is 3.82. The molecule has 1 heterocycles. The third-order valence-corrected chi connectivity index (χ3v) is 4.08. The SMILES string of the molecule is Cc1nn(C)c(N(C)CC2CCCC2)c1CCl. The minimum absolute atomic E-state index is 0.546. The Labute approximate surface area is 109 Å². The van der Waals surface area contributed by atoms with E-state index in [1.165, 1.54) is 37.1 Å². The largest absolute Gasteiger partial charge is 0.359 e. The molecule has 0 amide bonds. The van der Waals surface area contributed by atoms with Crippen molar-refractivity contribution in [3.8, 4) is 0 Å². The van der Waals surface area contributed by atoms with Crippen molar-refractivity contribution in [2.75, 3.05) is 18.5 Å². The molecule has 1 aromatic rings. The highest BCUT2D eigenvalue weighted by molar-refractivity contribution is 6.17. The highest BCUT2D eigenvalue weighted by Crippen LogP contribution is 2.29. The topological polar surface area (TPSA) is 21.1 Å². The molecule has 0 atom stereocenters. The highest BCUT2D eigenvalue weighted by Gasteiger charge is 2.21. The van der Waals surface area contributed by atoms with Crippen LogP contribution in [0.4, 0.5) is 5.82 Å². The quantitative estimate of drug-likeness (QED) is 0.771. The van der Waals surface area contributed by atoms with Crippen molar-refractivity contribution in [1.29, 1.82) is 0 Å². The molecule has 1 aliphatic rings. The molecule has 0 N–H and O–H groups in total. The van der Waals surface area contributed by atoms with Gasteiger partial charge >= 0.3 is 0 Å². The monoisotopic (exact) mass is 255 g/mol. The van der Waals surface area contributed by atoms with Crippen molar-refractivity contribution < 1.29 is 0 Å². The molecule has 0 spiro atoms. The Hall–Kier alpha value is -0.700. The summed E-state index contributed by atoms with van der Waals surface area (Å²) in [4.78, 5) is 2.33. The zero-order valence-corrected chi connectivity index (χ0v) is 11.8. The molecule has 1 aliphatic carbocycles. The van der Waals surface area contributed by atoms with Crippen molar-refractivity contribution in [3.63, 3.8) is 0 Å². The second-order valence-electron chi connectivity index (χ2n) is 5.18. The van der Waals surface area contributed by atoms with E-state index in [-0.39, 0.29) is 0 Å². The second kappa shape index (κ2) is 5.30. The van der Waals surface area contributed by atoms with E-state index >= 15 is 0 Å². The zero-order chi connectivity index (χ0) is 12.4. The molecule has 4 heteroatoms. The third kappa shape index (κ3) is 2.59. The Bertz CT molecular complexity index is 380. The number of hydrogen-bond donors (Lipinski definition) is 0. The van der Waals surface area contributed by atoms with E-state index in [4.69, 9.17) is 11.6 Å². The molecule has 0 radical (unpaired) electrons. The van der Waals surface area contributed by atoms with Crippen molar-refractivity contribution in [2.24, 2.45) is 13.0 Å². The van der Waals surface area contributed by atoms with E-state index in [1.54, 1.807) is 0 Å². The number of rotatable bonds is 4. The van der Waals surface area contributed by atoms with Crippen LogP contribution in [-0.2, 0) is 12.9 Å². The predicted octanol–water partition coefficient (Wildman–Crippen LogP) is 3.09. The van der Waals surface area contributed by atoms with Gasteiger partial charge in [0.1, 0.15) is 5.82 Å². The summed E-state index contributed by atoms with van der Waals surface area (Å²) in [5.74, 6) is 2.58. The number of nitrogens with zero attached hydrogens (tertiary/aromatic N) is 3. The first-order valence-electron chi connectivity index (χ1n) is 6.43. The maximum atomic E-state index is 6.03. The minimum atomic E-state index is 0.546. The fourth-order valence-corrected chi connectivity index (χ4v) is 3.30. The van der Waals surface area contributed by atoms with Crippen LogP contribution >= 0.6 is 11.6 Å². The molecule has 1 saturated carbocycles. The molecule has 1 fully saturated rings. The Morgan fingerprint density at radius 1 is 1.41 bits per heavy atom. The molecule has 17 heavy (non-hydrogen) atoms. The fraction of sp³-hybridized carbons (Fsp3) is 0.769. The van der Waals surface area contributed by atoms with Crippen molar-refractivity contribution >= 4 is 17.4 Å². The van der Waals surface area contributed by atoms with Gasteiger partial charge in [-0.15, -0.1) is 11.6 Å². The maximum absolute atomic E-state index is 6.03. The fourth-order valence-electron chi connectivity index (χ4n) is 2.99. The minimum Gasteiger partial charge on any atom is -0.359 e. The van der Waals surface area contributed by atoms with Gasteiger partial charge in [-0.25, -0.2) is 0 Å². The Kier molecular flexibility index (Phi) is 3.97. The van der Waals surface area contributed by atoms with Crippen molar-refractivity contribution in [3.05, 3.63) is 11.3 Å². The van der Waals surface area contributed by atoms with Crippen LogP contribution in [-0.4, -0.2) is 23.4 Å². The van der Waals surface area contributed by atoms with Gasteiger partial charge in [-0.2, -0.15) is 5.10 Å². The normalized spacial score (nSPS) is 16.7. The zero-order valence-electron chi connectivity index (χ0n) is 11.0. The van der Waals surface area contributed by atoms with E-state index < -0.39 is 0 Å². The molecule has 96 valence electrons. The van der Waals surface area contributed by atoms with Crippen LogP contribution in [0.3, 0.4) is 0 Å².